The predicted octanol–water partition coefficient (Wildman–Crippen LogP) is 3.93. The van der Waals surface area contributed by atoms with Crippen LogP contribution < -0.4 is 10.2 Å². The molecule has 0 bridgehead atoms. The second-order valence-corrected chi connectivity index (χ2v) is 8.13. The zero-order valence-electron chi connectivity index (χ0n) is 15.8. The summed E-state index contributed by atoms with van der Waals surface area (Å²) < 4.78 is 20.5. The van der Waals surface area contributed by atoms with E-state index in [1.807, 2.05) is 30.3 Å². The number of aromatic nitrogens is 4. The molecule has 3 aromatic rings. The first-order valence-corrected chi connectivity index (χ1v) is 9.82. The van der Waals surface area contributed by atoms with Crippen LogP contribution in [-0.4, -0.2) is 46.1 Å². The molecule has 9 heteroatoms. The van der Waals surface area contributed by atoms with E-state index >= 15 is 0 Å². The molecule has 0 saturated carbocycles. The molecule has 2 aliphatic heterocycles. The zero-order valence-corrected chi connectivity index (χ0v) is 16.6. The van der Waals surface area contributed by atoms with Gasteiger partial charge >= 0.3 is 0 Å². The van der Waals surface area contributed by atoms with Crippen molar-refractivity contribution in [1.29, 1.82) is 0 Å². The third-order valence-corrected chi connectivity index (χ3v) is 5.48. The SMILES string of the molecule is CC(F)c1ccn(-c2nc(Nc3ccc(Cl)cc3)cc(N3CC4(COC4)C3)n2)n1. The van der Waals surface area contributed by atoms with E-state index < -0.39 is 6.17 Å². The number of anilines is 3. The predicted molar refractivity (Wildman–Crippen MR) is 109 cm³/mol. The molecule has 2 aliphatic rings. The molecule has 5 rings (SSSR count). The first-order chi connectivity index (χ1) is 14.0. The largest absolute Gasteiger partial charge is 0.380 e. The first-order valence-electron chi connectivity index (χ1n) is 9.44. The van der Waals surface area contributed by atoms with Crippen molar-refractivity contribution in [3.8, 4) is 5.95 Å². The maximum atomic E-state index is 13.6. The monoisotopic (exact) mass is 414 g/mol. The normalized spacial score (nSPS) is 18.2. The lowest BCUT2D eigenvalue weighted by Gasteiger charge is -2.55. The highest BCUT2D eigenvalue weighted by Crippen LogP contribution is 2.40. The van der Waals surface area contributed by atoms with E-state index in [-0.39, 0.29) is 5.41 Å². The molecule has 0 amide bonds. The Kier molecular flexibility index (Phi) is 4.40. The second kappa shape index (κ2) is 6.96. The van der Waals surface area contributed by atoms with Gasteiger partial charge in [0.2, 0.25) is 0 Å². The number of benzene rings is 1. The maximum Gasteiger partial charge on any atom is 0.254 e. The Hall–Kier alpha value is -2.71. The molecule has 29 heavy (non-hydrogen) atoms. The Balaban J connectivity index is 1.47. The summed E-state index contributed by atoms with van der Waals surface area (Å²) in [4.78, 5) is 11.4. The topological polar surface area (TPSA) is 68.1 Å². The summed E-state index contributed by atoms with van der Waals surface area (Å²) in [6.45, 7) is 4.85. The van der Waals surface area contributed by atoms with Crippen LogP contribution in [0.25, 0.3) is 5.95 Å². The number of halogens is 2. The van der Waals surface area contributed by atoms with E-state index in [4.69, 9.17) is 16.3 Å². The van der Waals surface area contributed by atoms with Crippen molar-refractivity contribution in [2.45, 2.75) is 13.1 Å². The van der Waals surface area contributed by atoms with E-state index in [0.717, 1.165) is 37.8 Å². The molecule has 1 atom stereocenters. The number of alkyl halides is 1. The average molecular weight is 415 g/mol. The lowest BCUT2D eigenvalue weighted by molar-refractivity contribution is -0.127. The van der Waals surface area contributed by atoms with Gasteiger partial charge in [-0.25, -0.2) is 9.07 Å². The van der Waals surface area contributed by atoms with Crippen LogP contribution in [-0.2, 0) is 4.74 Å². The smallest absolute Gasteiger partial charge is 0.254 e. The summed E-state index contributed by atoms with van der Waals surface area (Å²) in [6, 6.07) is 10.9. The number of ether oxygens (including phenoxy) is 1. The Morgan fingerprint density at radius 1 is 1.17 bits per heavy atom. The Morgan fingerprint density at radius 3 is 2.55 bits per heavy atom. The number of rotatable bonds is 5. The lowest BCUT2D eigenvalue weighted by Crippen LogP contribution is -2.66. The fourth-order valence-electron chi connectivity index (χ4n) is 3.59. The van der Waals surface area contributed by atoms with Crippen LogP contribution in [0.3, 0.4) is 0 Å². The van der Waals surface area contributed by atoms with Crippen LogP contribution in [0.2, 0.25) is 5.02 Å². The average Bonchev–Trinajstić information content (AvgIpc) is 3.12. The van der Waals surface area contributed by atoms with Gasteiger partial charge in [0, 0.05) is 36.1 Å². The van der Waals surface area contributed by atoms with Crippen LogP contribution in [0.1, 0.15) is 18.8 Å². The van der Waals surface area contributed by atoms with Crippen LogP contribution >= 0.6 is 11.6 Å². The first kappa shape index (κ1) is 18.3. The molecular formula is C20H20ClFN6O. The van der Waals surface area contributed by atoms with E-state index in [1.165, 1.54) is 11.6 Å². The molecule has 7 nitrogen and oxygen atoms in total. The van der Waals surface area contributed by atoms with Gasteiger partial charge < -0.3 is 15.0 Å². The highest BCUT2D eigenvalue weighted by Gasteiger charge is 2.49. The fraction of sp³-hybridized carbons (Fsp3) is 0.350. The van der Waals surface area contributed by atoms with Gasteiger partial charge in [0.25, 0.3) is 5.95 Å². The summed E-state index contributed by atoms with van der Waals surface area (Å²) in [5.74, 6) is 1.81. The second-order valence-electron chi connectivity index (χ2n) is 7.69. The van der Waals surface area contributed by atoms with E-state index in [1.54, 1.807) is 12.3 Å². The maximum absolute atomic E-state index is 13.6. The van der Waals surface area contributed by atoms with Crippen LogP contribution in [0.5, 0.6) is 0 Å². The Bertz CT molecular complexity index is 1030. The molecule has 0 radical (unpaired) electrons. The summed E-state index contributed by atoms with van der Waals surface area (Å²) in [6.07, 6.45) is 0.522. The molecular weight excluding hydrogens is 395 g/mol. The van der Waals surface area contributed by atoms with Gasteiger partial charge in [-0.1, -0.05) is 11.6 Å². The molecule has 150 valence electrons. The minimum absolute atomic E-state index is 0.261. The van der Waals surface area contributed by atoms with E-state index in [0.29, 0.717) is 22.5 Å². The molecule has 1 N–H and O–H groups in total. The van der Waals surface area contributed by atoms with Gasteiger partial charge in [-0.2, -0.15) is 15.1 Å². The van der Waals surface area contributed by atoms with Gasteiger partial charge in [0.15, 0.2) is 0 Å². The fourth-order valence-corrected chi connectivity index (χ4v) is 3.72. The van der Waals surface area contributed by atoms with Crippen molar-refractivity contribution in [3.05, 3.63) is 53.3 Å². The number of hydrogen-bond donors (Lipinski definition) is 1. The van der Waals surface area contributed by atoms with Crippen molar-refractivity contribution in [3.63, 3.8) is 0 Å². The van der Waals surface area contributed by atoms with Crippen LogP contribution in [0, 0.1) is 5.41 Å². The summed E-state index contributed by atoms with van der Waals surface area (Å²) in [7, 11) is 0. The van der Waals surface area contributed by atoms with Gasteiger partial charge in [-0.15, -0.1) is 0 Å². The van der Waals surface area contributed by atoms with Crippen molar-refractivity contribution in [2.24, 2.45) is 5.41 Å². The minimum Gasteiger partial charge on any atom is -0.380 e. The number of hydrogen-bond acceptors (Lipinski definition) is 6. The molecule has 1 aromatic carbocycles. The summed E-state index contributed by atoms with van der Waals surface area (Å²) in [5, 5.41) is 8.22. The summed E-state index contributed by atoms with van der Waals surface area (Å²) in [5.41, 5.74) is 1.47. The van der Waals surface area contributed by atoms with Gasteiger partial charge in [-0.05, 0) is 37.3 Å². The number of nitrogens with one attached hydrogen (secondary N) is 1. The third-order valence-electron chi connectivity index (χ3n) is 5.23. The van der Waals surface area contributed by atoms with Gasteiger partial charge in [0.1, 0.15) is 17.8 Å². The summed E-state index contributed by atoms with van der Waals surface area (Å²) >= 11 is 5.97. The van der Waals surface area contributed by atoms with E-state index in [2.05, 4.69) is 25.3 Å². The van der Waals surface area contributed by atoms with Crippen molar-refractivity contribution in [1.82, 2.24) is 19.7 Å². The highest BCUT2D eigenvalue weighted by atomic mass is 35.5. The molecule has 2 aromatic heterocycles. The van der Waals surface area contributed by atoms with Crippen LogP contribution in [0.15, 0.2) is 42.6 Å². The highest BCUT2D eigenvalue weighted by molar-refractivity contribution is 6.30. The van der Waals surface area contributed by atoms with Crippen molar-refractivity contribution in [2.75, 3.05) is 36.5 Å². The molecule has 2 fully saturated rings. The molecule has 1 unspecified atom stereocenters. The Labute approximate surface area is 172 Å². The molecule has 4 heterocycles. The Morgan fingerprint density at radius 2 is 1.93 bits per heavy atom. The lowest BCUT2D eigenvalue weighted by atomic mass is 9.78. The zero-order chi connectivity index (χ0) is 20.0. The molecule has 0 aliphatic carbocycles. The van der Waals surface area contributed by atoms with Crippen LogP contribution in [0.4, 0.5) is 21.7 Å². The minimum atomic E-state index is -1.15. The third kappa shape index (κ3) is 3.54. The number of nitrogens with zero attached hydrogens (tertiary/aromatic N) is 5. The standard InChI is InChI=1S/C20H20ClFN6O/c1-13(22)16-6-7-28(26-16)19-24-17(23-15-4-2-14(21)3-5-15)8-18(25-19)27-9-20(10-27)11-29-12-20/h2-8,13H,9-12H2,1H3,(H,23,24,25). The van der Waals surface area contributed by atoms with Crippen molar-refractivity contribution >= 4 is 28.9 Å². The van der Waals surface area contributed by atoms with Gasteiger partial charge in [-0.3, -0.25) is 0 Å². The molecule has 1 spiro atoms. The van der Waals surface area contributed by atoms with Gasteiger partial charge in [0.05, 0.1) is 24.3 Å². The molecule has 2 saturated heterocycles. The van der Waals surface area contributed by atoms with Crippen molar-refractivity contribution < 1.29 is 9.13 Å². The quantitative estimate of drug-likeness (QED) is 0.682. The van der Waals surface area contributed by atoms with E-state index in [9.17, 15) is 4.39 Å².